The molecule has 0 radical (unpaired) electrons. The minimum Gasteiger partial charge on any atom is -0.356 e. The monoisotopic (exact) mass is 225 g/mol. The first-order valence-corrected chi connectivity index (χ1v) is 5.74. The van der Waals surface area contributed by atoms with Gasteiger partial charge >= 0.3 is 0 Å². The summed E-state index contributed by atoms with van der Waals surface area (Å²) in [5.74, 6) is 1.62. The molecule has 1 aromatic heterocycles. The minimum absolute atomic E-state index is 0.608. The van der Waals surface area contributed by atoms with Crippen LogP contribution in [0.3, 0.4) is 0 Å². The van der Waals surface area contributed by atoms with Crippen LogP contribution < -0.4 is 10.6 Å². The first-order valence-electron chi connectivity index (χ1n) is 5.36. The van der Waals surface area contributed by atoms with E-state index in [1.54, 1.807) is 6.20 Å². The number of piperidine rings is 1. The first kappa shape index (κ1) is 10.7. The Kier molecular flexibility index (Phi) is 3.44. The summed E-state index contributed by atoms with van der Waals surface area (Å²) < 4.78 is 0. The average Bonchev–Trinajstić information content (AvgIpc) is 2.30. The van der Waals surface area contributed by atoms with Gasteiger partial charge < -0.3 is 10.6 Å². The molecule has 1 aromatic rings. The molecule has 1 unspecified atom stereocenters. The largest absolute Gasteiger partial charge is 0.356 e. The molecule has 0 saturated carbocycles. The average molecular weight is 226 g/mol. The highest BCUT2D eigenvalue weighted by atomic mass is 35.5. The van der Waals surface area contributed by atoms with Crippen molar-refractivity contribution < 1.29 is 0 Å². The zero-order valence-electron chi connectivity index (χ0n) is 8.69. The number of nitrogens with zero attached hydrogens (tertiary/aromatic N) is 2. The second kappa shape index (κ2) is 4.81. The highest BCUT2D eigenvalue weighted by molar-refractivity contribution is 6.30. The Labute approximate surface area is 95.2 Å². The van der Waals surface area contributed by atoms with Crippen LogP contribution in [0.4, 0.5) is 5.82 Å². The molecule has 0 aliphatic carbocycles. The maximum Gasteiger partial charge on any atom is 0.128 e. The van der Waals surface area contributed by atoms with Crippen molar-refractivity contribution in [3.05, 3.63) is 23.4 Å². The Hall–Kier alpha value is -0.800. The first-order chi connectivity index (χ1) is 7.29. The number of hydrogen-bond acceptors (Lipinski definition) is 3. The molecule has 1 aliphatic heterocycles. The zero-order valence-corrected chi connectivity index (χ0v) is 9.45. The van der Waals surface area contributed by atoms with Gasteiger partial charge in [0.1, 0.15) is 5.82 Å². The molecule has 2 rings (SSSR count). The molecule has 1 saturated heterocycles. The van der Waals surface area contributed by atoms with Gasteiger partial charge in [0.2, 0.25) is 0 Å². The van der Waals surface area contributed by atoms with Crippen molar-refractivity contribution in [3.63, 3.8) is 0 Å². The molecular weight excluding hydrogens is 210 g/mol. The van der Waals surface area contributed by atoms with Crippen LogP contribution in [0.1, 0.15) is 12.8 Å². The van der Waals surface area contributed by atoms with Crippen LogP contribution in [0.25, 0.3) is 0 Å². The zero-order chi connectivity index (χ0) is 10.7. The summed E-state index contributed by atoms with van der Waals surface area (Å²) in [4.78, 5) is 6.61. The topological polar surface area (TPSA) is 42.1 Å². The summed E-state index contributed by atoms with van der Waals surface area (Å²) in [6, 6.07) is 3.86. The lowest BCUT2D eigenvalue weighted by molar-refractivity contribution is 0.422. The Balaban J connectivity index is 2.06. The predicted molar refractivity (Wildman–Crippen MR) is 63.2 cm³/mol. The molecule has 82 valence electrons. The Morgan fingerprint density at radius 3 is 3.07 bits per heavy atom. The van der Waals surface area contributed by atoms with Crippen LogP contribution in [0, 0.1) is 5.92 Å². The van der Waals surface area contributed by atoms with Gasteiger partial charge in [-0.2, -0.15) is 0 Å². The number of anilines is 1. The number of rotatable bonds is 2. The summed E-state index contributed by atoms with van der Waals surface area (Å²) in [7, 11) is 0. The molecule has 0 aromatic carbocycles. The van der Waals surface area contributed by atoms with E-state index in [0.717, 1.165) is 25.5 Å². The molecule has 1 atom stereocenters. The normalized spacial score (nSPS) is 21.7. The van der Waals surface area contributed by atoms with E-state index in [0.29, 0.717) is 10.9 Å². The van der Waals surface area contributed by atoms with Crippen molar-refractivity contribution in [3.8, 4) is 0 Å². The van der Waals surface area contributed by atoms with Crippen LogP contribution in [0.5, 0.6) is 0 Å². The quantitative estimate of drug-likeness (QED) is 0.836. The summed E-state index contributed by atoms with van der Waals surface area (Å²) in [5.41, 5.74) is 5.70. The van der Waals surface area contributed by atoms with Gasteiger partial charge in [-0.15, -0.1) is 0 Å². The summed E-state index contributed by atoms with van der Waals surface area (Å²) in [6.07, 6.45) is 4.13. The summed E-state index contributed by atoms with van der Waals surface area (Å²) >= 11 is 5.81. The summed E-state index contributed by atoms with van der Waals surface area (Å²) in [5, 5.41) is 0.686. The number of halogens is 1. The molecule has 1 fully saturated rings. The Morgan fingerprint density at radius 2 is 2.40 bits per heavy atom. The van der Waals surface area contributed by atoms with Gasteiger partial charge in [0.05, 0.1) is 5.02 Å². The van der Waals surface area contributed by atoms with E-state index in [2.05, 4.69) is 9.88 Å². The smallest absolute Gasteiger partial charge is 0.128 e. The second-order valence-electron chi connectivity index (χ2n) is 4.02. The fourth-order valence-electron chi connectivity index (χ4n) is 2.02. The highest BCUT2D eigenvalue weighted by Gasteiger charge is 2.19. The lowest BCUT2D eigenvalue weighted by Gasteiger charge is -2.32. The number of nitrogens with two attached hydrogens (primary N) is 1. The van der Waals surface area contributed by atoms with E-state index in [9.17, 15) is 0 Å². The third-order valence-corrected chi connectivity index (χ3v) is 3.11. The Bertz CT molecular complexity index is 312. The molecule has 15 heavy (non-hydrogen) atoms. The molecule has 1 aliphatic rings. The molecule has 2 N–H and O–H groups in total. The van der Waals surface area contributed by atoms with Crippen LogP contribution in [-0.4, -0.2) is 24.6 Å². The van der Waals surface area contributed by atoms with E-state index >= 15 is 0 Å². The molecule has 0 bridgehead atoms. The van der Waals surface area contributed by atoms with E-state index in [4.69, 9.17) is 17.3 Å². The van der Waals surface area contributed by atoms with Crippen molar-refractivity contribution in [1.29, 1.82) is 0 Å². The van der Waals surface area contributed by atoms with Crippen LogP contribution in [0.15, 0.2) is 18.3 Å². The molecule has 3 nitrogen and oxygen atoms in total. The summed E-state index contributed by atoms with van der Waals surface area (Å²) in [6.45, 7) is 2.86. The third-order valence-electron chi connectivity index (χ3n) is 2.89. The second-order valence-corrected chi connectivity index (χ2v) is 4.46. The maximum absolute atomic E-state index is 5.81. The van der Waals surface area contributed by atoms with Crippen LogP contribution >= 0.6 is 11.6 Å². The van der Waals surface area contributed by atoms with Gasteiger partial charge in [-0.1, -0.05) is 11.6 Å². The number of pyridine rings is 1. The van der Waals surface area contributed by atoms with Gasteiger partial charge in [0, 0.05) is 19.3 Å². The van der Waals surface area contributed by atoms with Gasteiger partial charge in [-0.25, -0.2) is 4.98 Å². The van der Waals surface area contributed by atoms with Crippen molar-refractivity contribution in [2.75, 3.05) is 24.5 Å². The Morgan fingerprint density at radius 1 is 1.53 bits per heavy atom. The molecule has 0 spiro atoms. The lowest BCUT2D eigenvalue weighted by Crippen LogP contribution is -2.38. The van der Waals surface area contributed by atoms with Crippen molar-refractivity contribution in [1.82, 2.24) is 4.98 Å². The highest BCUT2D eigenvalue weighted by Crippen LogP contribution is 2.21. The molecular formula is C11H16ClN3. The van der Waals surface area contributed by atoms with E-state index in [1.807, 2.05) is 12.1 Å². The van der Waals surface area contributed by atoms with Gasteiger partial charge in [-0.05, 0) is 37.4 Å². The van der Waals surface area contributed by atoms with Crippen molar-refractivity contribution in [2.24, 2.45) is 11.7 Å². The number of aromatic nitrogens is 1. The van der Waals surface area contributed by atoms with E-state index < -0.39 is 0 Å². The predicted octanol–water partition coefficient (Wildman–Crippen LogP) is 1.91. The van der Waals surface area contributed by atoms with Crippen molar-refractivity contribution >= 4 is 17.4 Å². The van der Waals surface area contributed by atoms with E-state index in [-0.39, 0.29) is 0 Å². The standard InChI is InChI=1S/C11H16ClN3/c12-10-3-4-11(14-7-10)15-5-1-2-9(6-13)8-15/h3-4,7,9H,1-2,5-6,8,13H2. The minimum atomic E-state index is 0.608. The molecule has 2 heterocycles. The third kappa shape index (κ3) is 2.61. The fraction of sp³-hybridized carbons (Fsp3) is 0.545. The van der Waals surface area contributed by atoms with Crippen LogP contribution in [0.2, 0.25) is 5.02 Å². The SMILES string of the molecule is NCC1CCCN(c2ccc(Cl)cn2)C1. The van der Waals surface area contributed by atoms with Crippen molar-refractivity contribution in [2.45, 2.75) is 12.8 Å². The van der Waals surface area contributed by atoms with Gasteiger partial charge in [0.25, 0.3) is 0 Å². The lowest BCUT2D eigenvalue weighted by atomic mass is 9.98. The maximum atomic E-state index is 5.81. The van der Waals surface area contributed by atoms with Gasteiger partial charge in [-0.3, -0.25) is 0 Å². The van der Waals surface area contributed by atoms with Gasteiger partial charge in [0.15, 0.2) is 0 Å². The fourth-order valence-corrected chi connectivity index (χ4v) is 2.13. The molecule has 0 amide bonds. The molecule has 4 heteroatoms. The number of hydrogen-bond donors (Lipinski definition) is 1. The van der Waals surface area contributed by atoms with E-state index in [1.165, 1.54) is 12.8 Å². The van der Waals surface area contributed by atoms with Crippen LogP contribution in [-0.2, 0) is 0 Å².